The molecule has 0 bridgehead atoms. The standard InChI is InChI=1S/C12H17NO2/c1-9-4-7-15-12(9)11(14)8-10-2-5-13-6-3-10/h2-3,5-6,9,11-12,14H,4,7-8H2,1H3. The summed E-state index contributed by atoms with van der Waals surface area (Å²) in [6.45, 7) is 2.91. The second kappa shape index (κ2) is 4.73. The van der Waals surface area contributed by atoms with E-state index < -0.39 is 6.10 Å². The number of rotatable bonds is 3. The molecule has 2 rings (SSSR count). The highest BCUT2D eigenvalue weighted by Crippen LogP contribution is 2.24. The van der Waals surface area contributed by atoms with Crippen molar-refractivity contribution in [3.8, 4) is 0 Å². The van der Waals surface area contributed by atoms with Gasteiger partial charge in [-0.1, -0.05) is 6.92 Å². The van der Waals surface area contributed by atoms with E-state index in [0.29, 0.717) is 12.3 Å². The van der Waals surface area contributed by atoms with Crippen LogP contribution in [-0.4, -0.2) is 28.9 Å². The molecule has 1 aromatic heterocycles. The Labute approximate surface area is 90.1 Å². The Morgan fingerprint density at radius 1 is 1.53 bits per heavy atom. The van der Waals surface area contributed by atoms with Crippen molar-refractivity contribution < 1.29 is 9.84 Å². The molecule has 2 heterocycles. The molecule has 3 heteroatoms. The Balaban J connectivity index is 1.94. The number of aliphatic hydroxyl groups excluding tert-OH is 1. The van der Waals surface area contributed by atoms with Crippen molar-refractivity contribution in [1.29, 1.82) is 0 Å². The van der Waals surface area contributed by atoms with E-state index in [9.17, 15) is 5.11 Å². The summed E-state index contributed by atoms with van der Waals surface area (Å²) in [5, 5.41) is 10.0. The Bertz CT molecular complexity index is 302. The Morgan fingerprint density at radius 3 is 2.87 bits per heavy atom. The van der Waals surface area contributed by atoms with Gasteiger partial charge in [-0.15, -0.1) is 0 Å². The van der Waals surface area contributed by atoms with Crippen LogP contribution < -0.4 is 0 Å². The number of hydrogen-bond donors (Lipinski definition) is 1. The first kappa shape index (κ1) is 10.6. The van der Waals surface area contributed by atoms with Crippen LogP contribution in [0.1, 0.15) is 18.9 Å². The molecule has 15 heavy (non-hydrogen) atoms. The molecule has 0 aliphatic carbocycles. The summed E-state index contributed by atoms with van der Waals surface area (Å²) >= 11 is 0. The highest BCUT2D eigenvalue weighted by atomic mass is 16.5. The molecule has 0 aromatic carbocycles. The van der Waals surface area contributed by atoms with Crippen molar-refractivity contribution in [3.63, 3.8) is 0 Å². The van der Waals surface area contributed by atoms with Crippen LogP contribution in [0.3, 0.4) is 0 Å². The lowest BCUT2D eigenvalue weighted by Crippen LogP contribution is -2.31. The fourth-order valence-corrected chi connectivity index (χ4v) is 2.09. The summed E-state index contributed by atoms with van der Waals surface area (Å²) in [6.07, 6.45) is 4.81. The summed E-state index contributed by atoms with van der Waals surface area (Å²) in [7, 11) is 0. The number of hydrogen-bond acceptors (Lipinski definition) is 3. The molecule has 1 fully saturated rings. The summed E-state index contributed by atoms with van der Waals surface area (Å²) in [4.78, 5) is 3.95. The first-order valence-corrected chi connectivity index (χ1v) is 5.46. The van der Waals surface area contributed by atoms with Crippen LogP contribution in [0.5, 0.6) is 0 Å². The van der Waals surface area contributed by atoms with Gasteiger partial charge >= 0.3 is 0 Å². The molecule has 3 nitrogen and oxygen atoms in total. The number of pyridine rings is 1. The lowest BCUT2D eigenvalue weighted by molar-refractivity contribution is -0.0157. The molecule has 0 spiro atoms. The van der Waals surface area contributed by atoms with Crippen LogP contribution in [0.2, 0.25) is 0 Å². The van der Waals surface area contributed by atoms with Gasteiger partial charge in [0.15, 0.2) is 0 Å². The van der Waals surface area contributed by atoms with Crippen molar-refractivity contribution in [1.82, 2.24) is 4.98 Å². The predicted molar refractivity (Wildman–Crippen MR) is 57.5 cm³/mol. The minimum absolute atomic E-state index is 0.00170. The average molecular weight is 207 g/mol. The maximum atomic E-state index is 10.0. The number of aromatic nitrogens is 1. The number of aliphatic hydroxyl groups is 1. The average Bonchev–Trinajstić information content (AvgIpc) is 2.66. The second-order valence-corrected chi connectivity index (χ2v) is 4.23. The first-order valence-electron chi connectivity index (χ1n) is 5.46. The normalized spacial score (nSPS) is 27.9. The quantitative estimate of drug-likeness (QED) is 0.815. The molecule has 3 unspecified atom stereocenters. The smallest absolute Gasteiger partial charge is 0.0863 e. The zero-order valence-corrected chi connectivity index (χ0v) is 8.97. The topological polar surface area (TPSA) is 42.4 Å². The zero-order chi connectivity index (χ0) is 10.7. The van der Waals surface area contributed by atoms with Gasteiger partial charge in [-0.2, -0.15) is 0 Å². The van der Waals surface area contributed by atoms with Crippen LogP contribution in [0.15, 0.2) is 24.5 Å². The summed E-state index contributed by atoms with van der Waals surface area (Å²) in [6, 6.07) is 3.87. The van der Waals surface area contributed by atoms with E-state index in [2.05, 4.69) is 11.9 Å². The van der Waals surface area contributed by atoms with Gasteiger partial charge in [0.2, 0.25) is 0 Å². The van der Waals surface area contributed by atoms with Gasteiger partial charge in [-0.25, -0.2) is 0 Å². The van der Waals surface area contributed by atoms with Gasteiger partial charge in [-0.3, -0.25) is 4.98 Å². The molecule has 1 aromatic rings. The molecule has 1 saturated heterocycles. The van der Waals surface area contributed by atoms with Gasteiger partial charge in [0, 0.05) is 25.4 Å². The fraction of sp³-hybridized carbons (Fsp3) is 0.583. The van der Waals surface area contributed by atoms with E-state index in [1.807, 2.05) is 12.1 Å². The zero-order valence-electron chi connectivity index (χ0n) is 8.97. The van der Waals surface area contributed by atoms with Crippen LogP contribution in [0.25, 0.3) is 0 Å². The third kappa shape index (κ3) is 2.55. The van der Waals surface area contributed by atoms with E-state index in [-0.39, 0.29) is 6.10 Å². The molecule has 0 radical (unpaired) electrons. The fourth-order valence-electron chi connectivity index (χ4n) is 2.09. The third-order valence-corrected chi connectivity index (χ3v) is 3.02. The van der Waals surface area contributed by atoms with E-state index in [0.717, 1.165) is 18.6 Å². The third-order valence-electron chi connectivity index (χ3n) is 3.02. The predicted octanol–water partition coefficient (Wildman–Crippen LogP) is 1.41. The number of ether oxygens (including phenoxy) is 1. The van der Waals surface area contributed by atoms with Gasteiger partial charge in [0.05, 0.1) is 12.2 Å². The maximum absolute atomic E-state index is 10.0. The van der Waals surface area contributed by atoms with Crippen molar-refractivity contribution >= 4 is 0 Å². The van der Waals surface area contributed by atoms with E-state index in [1.54, 1.807) is 12.4 Å². The molecule has 1 aliphatic rings. The molecule has 0 amide bonds. The maximum Gasteiger partial charge on any atom is 0.0863 e. The summed E-state index contributed by atoms with van der Waals surface area (Å²) in [5.41, 5.74) is 1.11. The van der Waals surface area contributed by atoms with Crippen molar-refractivity contribution in [2.45, 2.75) is 32.0 Å². The largest absolute Gasteiger partial charge is 0.390 e. The van der Waals surface area contributed by atoms with Crippen molar-refractivity contribution in [3.05, 3.63) is 30.1 Å². The molecular formula is C12H17NO2. The van der Waals surface area contributed by atoms with E-state index >= 15 is 0 Å². The van der Waals surface area contributed by atoms with E-state index in [1.165, 1.54) is 0 Å². The van der Waals surface area contributed by atoms with E-state index in [4.69, 9.17) is 4.74 Å². The van der Waals surface area contributed by atoms with Crippen molar-refractivity contribution in [2.75, 3.05) is 6.61 Å². The van der Waals surface area contributed by atoms with Gasteiger partial charge in [0.25, 0.3) is 0 Å². The summed E-state index contributed by atoms with van der Waals surface area (Å²) in [5.74, 6) is 0.460. The SMILES string of the molecule is CC1CCOC1C(O)Cc1ccncc1. The van der Waals surface area contributed by atoms with Crippen molar-refractivity contribution in [2.24, 2.45) is 5.92 Å². The highest BCUT2D eigenvalue weighted by molar-refractivity contribution is 5.11. The molecule has 82 valence electrons. The first-order chi connectivity index (χ1) is 7.27. The lowest BCUT2D eigenvalue weighted by Gasteiger charge is -2.21. The van der Waals surface area contributed by atoms with Crippen LogP contribution in [0, 0.1) is 5.92 Å². The Kier molecular flexibility index (Phi) is 3.34. The van der Waals surface area contributed by atoms with Crippen LogP contribution in [-0.2, 0) is 11.2 Å². The molecule has 1 N–H and O–H groups in total. The van der Waals surface area contributed by atoms with Gasteiger partial charge in [-0.05, 0) is 30.0 Å². The van der Waals surface area contributed by atoms with Gasteiger partial charge in [0.1, 0.15) is 0 Å². The summed E-state index contributed by atoms with van der Waals surface area (Å²) < 4.78 is 5.53. The monoisotopic (exact) mass is 207 g/mol. The van der Waals surface area contributed by atoms with Gasteiger partial charge < -0.3 is 9.84 Å². The second-order valence-electron chi connectivity index (χ2n) is 4.23. The minimum Gasteiger partial charge on any atom is -0.390 e. The number of nitrogens with zero attached hydrogens (tertiary/aromatic N) is 1. The van der Waals surface area contributed by atoms with Crippen LogP contribution >= 0.6 is 0 Å². The molecule has 0 saturated carbocycles. The highest BCUT2D eigenvalue weighted by Gasteiger charge is 2.30. The minimum atomic E-state index is -0.398. The lowest BCUT2D eigenvalue weighted by atomic mass is 9.95. The molecule has 1 aliphatic heterocycles. The van der Waals surface area contributed by atoms with Crippen LogP contribution in [0.4, 0.5) is 0 Å². The molecular weight excluding hydrogens is 190 g/mol. The Morgan fingerprint density at radius 2 is 2.27 bits per heavy atom. The molecule has 3 atom stereocenters. The Hall–Kier alpha value is -0.930.